The minimum absolute atomic E-state index is 0.261. The van der Waals surface area contributed by atoms with Crippen LogP contribution in [0.4, 0.5) is 0 Å². The van der Waals surface area contributed by atoms with Gasteiger partial charge in [0.25, 0.3) is 0 Å². The van der Waals surface area contributed by atoms with Crippen LogP contribution in [0.25, 0.3) is 0 Å². The predicted octanol–water partition coefficient (Wildman–Crippen LogP) is 0.0325. The second-order valence-electron chi connectivity index (χ2n) is 4.80. The lowest BCUT2D eigenvalue weighted by Gasteiger charge is -2.13. The first-order chi connectivity index (χ1) is 9.33. The number of hydrogen-bond acceptors (Lipinski definition) is 5. The van der Waals surface area contributed by atoms with Gasteiger partial charge in [-0.3, -0.25) is 4.68 Å². The number of aromatic nitrogens is 2. The summed E-state index contributed by atoms with van der Waals surface area (Å²) >= 11 is 0. The zero-order valence-electron chi connectivity index (χ0n) is 12.7. The van der Waals surface area contributed by atoms with Crippen LogP contribution in [-0.2, 0) is 21.3 Å². The van der Waals surface area contributed by atoms with E-state index in [0.717, 1.165) is 6.54 Å². The summed E-state index contributed by atoms with van der Waals surface area (Å²) in [5, 5.41) is 7.31. The van der Waals surface area contributed by atoms with E-state index in [-0.39, 0.29) is 10.9 Å². The number of sulfonamides is 1. The van der Waals surface area contributed by atoms with Crippen LogP contribution in [0.2, 0.25) is 0 Å². The quantitative estimate of drug-likeness (QED) is 0.708. The Labute approximate surface area is 120 Å². The van der Waals surface area contributed by atoms with Crippen molar-refractivity contribution >= 4 is 10.0 Å². The molecule has 1 unspecified atom stereocenters. The Balaban J connectivity index is 3.03. The highest BCUT2D eigenvalue weighted by Gasteiger charge is 2.25. The molecular formula is C12H24N4O3S. The van der Waals surface area contributed by atoms with Gasteiger partial charge >= 0.3 is 0 Å². The number of hydrogen-bond donors (Lipinski definition) is 2. The van der Waals surface area contributed by atoms with Gasteiger partial charge in [0, 0.05) is 19.7 Å². The van der Waals surface area contributed by atoms with Crippen molar-refractivity contribution in [2.24, 2.45) is 0 Å². The van der Waals surface area contributed by atoms with E-state index >= 15 is 0 Å². The molecule has 2 N–H and O–H groups in total. The Bertz CT molecular complexity index is 539. The summed E-state index contributed by atoms with van der Waals surface area (Å²) in [5.41, 5.74) is 1.16. The smallest absolute Gasteiger partial charge is 0.244 e. The van der Waals surface area contributed by atoms with Crippen LogP contribution in [0.1, 0.15) is 18.3 Å². The van der Waals surface area contributed by atoms with Gasteiger partial charge in [-0.25, -0.2) is 13.1 Å². The standard InChI is InChI=1S/C12H24N4O3S/c1-9(8-19-5)15-20(17,18)12-10(2)14-16(11(12)3)7-6-13-4/h9,13,15H,6-8H2,1-5H3. The molecule has 0 saturated carbocycles. The highest BCUT2D eigenvalue weighted by atomic mass is 32.2. The SMILES string of the molecule is CNCCn1nc(C)c(S(=O)(=O)NC(C)COC)c1C. The van der Waals surface area contributed by atoms with Crippen molar-refractivity contribution in [3.8, 4) is 0 Å². The minimum Gasteiger partial charge on any atom is -0.383 e. The maximum absolute atomic E-state index is 12.4. The van der Waals surface area contributed by atoms with Crippen molar-refractivity contribution in [3.63, 3.8) is 0 Å². The van der Waals surface area contributed by atoms with Crippen LogP contribution in [-0.4, -0.2) is 51.5 Å². The van der Waals surface area contributed by atoms with E-state index in [9.17, 15) is 8.42 Å². The molecule has 0 spiro atoms. The van der Waals surface area contributed by atoms with Gasteiger partial charge in [-0.2, -0.15) is 5.10 Å². The van der Waals surface area contributed by atoms with Crippen molar-refractivity contribution in [3.05, 3.63) is 11.4 Å². The number of nitrogens with one attached hydrogen (secondary N) is 2. The number of ether oxygens (including phenoxy) is 1. The molecule has 0 aliphatic heterocycles. The molecule has 0 amide bonds. The van der Waals surface area contributed by atoms with Crippen LogP contribution >= 0.6 is 0 Å². The Morgan fingerprint density at radius 2 is 2.05 bits per heavy atom. The zero-order chi connectivity index (χ0) is 15.3. The largest absolute Gasteiger partial charge is 0.383 e. The molecule has 7 nitrogen and oxygen atoms in total. The molecule has 0 fully saturated rings. The van der Waals surface area contributed by atoms with E-state index in [1.54, 1.807) is 25.5 Å². The van der Waals surface area contributed by atoms with Crippen molar-refractivity contribution in [2.45, 2.75) is 38.3 Å². The number of likely N-dealkylation sites (N-methyl/N-ethyl adjacent to an activating group) is 1. The Morgan fingerprint density at radius 1 is 1.40 bits per heavy atom. The third-order valence-corrected chi connectivity index (χ3v) is 4.77. The van der Waals surface area contributed by atoms with Gasteiger partial charge in [0.2, 0.25) is 10.0 Å². The first kappa shape index (κ1) is 17.1. The van der Waals surface area contributed by atoms with Crippen LogP contribution in [0.5, 0.6) is 0 Å². The van der Waals surface area contributed by atoms with Crippen LogP contribution < -0.4 is 10.0 Å². The molecular weight excluding hydrogens is 280 g/mol. The van der Waals surface area contributed by atoms with E-state index in [0.29, 0.717) is 24.5 Å². The molecule has 1 atom stereocenters. The van der Waals surface area contributed by atoms with E-state index in [4.69, 9.17) is 4.74 Å². The molecule has 0 bridgehead atoms. The molecule has 116 valence electrons. The van der Waals surface area contributed by atoms with E-state index in [2.05, 4.69) is 15.1 Å². The Kier molecular flexibility index (Phi) is 6.12. The lowest BCUT2D eigenvalue weighted by atomic mass is 10.4. The molecule has 0 radical (unpaired) electrons. The minimum atomic E-state index is -3.58. The predicted molar refractivity (Wildman–Crippen MR) is 77.3 cm³/mol. The second kappa shape index (κ2) is 7.16. The highest BCUT2D eigenvalue weighted by molar-refractivity contribution is 7.89. The topological polar surface area (TPSA) is 85.2 Å². The summed E-state index contributed by atoms with van der Waals surface area (Å²) < 4.78 is 34.1. The molecule has 1 heterocycles. The lowest BCUT2D eigenvalue weighted by molar-refractivity contribution is 0.180. The summed E-state index contributed by atoms with van der Waals surface area (Å²) in [7, 11) is -0.198. The third kappa shape index (κ3) is 4.02. The molecule has 0 aromatic carbocycles. The van der Waals surface area contributed by atoms with Crippen LogP contribution in [0.3, 0.4) is 0 Å². The molecule has 20 heavy (non-hydrogen) atoms. The summed E-state index contributed by atoms with van der Waals surface area (Å²) in [4.78, 5) is 0.261. The normalized spacial score (nSPS) is 13.7. The third-order valence-electron chi connectivity index (χ3n) is 2.93. The average Bonchev–Trinajstić information content (AvgIpc) is 2.61. The molecule has 0 saturated heterocycles. The van der Waals surface area contributed by atoms with Gasteiger partial charge in [-0.15, -0.1) is 0 Å². The van der Waals surface area contributed by atoms with Crippen LogP contribution in [0, 0.1) is 13.8 Å². The van der Waals surface area contributed by atoms with Crippen LogP contribution in [0.15, 0.2) is 4.90 Å². The molecule has 8 heteroatoms. The Morgan fingerprint density at radius 3 is 2.60 bits per heavy atom. The zero-order valence-corrected chi connectivity index (χ0v) is 13.5. The molecule has 1 aromatic rings. The van der Waals surface area contributed by atoms with Gasteiger partial charge in [-0.1, -0.05) is 0 Å². The van der Waals surface area contributed by atoms with Crippen molar-refractivity contribution in [2.75, 3.05) is 27.3 Å². The van der Waals surface area contributed by atoms with Gasteiger partial charge in [-0.05, 0) is 27.8 Å². The second-order valence-corrected chi connectivity index (χ2v) is 6.46. The lowest BCUT2D eigenvalue weighted by Crippen LogP contribution is -2.36. The summed E-state index contributed by atoms with van der Waals surface area (Å²) in [6.07, 6.45) is 0. The Hall–Kier alpha value is -0.960. The first-order valence-electron chi connectivity index (χ1n) is 6.53. The van der Waals surface area contributed by atoms with Crippen molar-refractivity contribution < 1.29 is 13.2 Å². The van der Waals surface area contributed by atoms with Gasteiger partial charge in [0.05, 0.1) is 24.5 Å². The fraction of sp³-hybridized carbons (Fsp3) is 0.750. The van der Waals surface area contributed by atoms with E-state index in [1.165, 1.54) is 7.11 Å². The molecule has 1 aromatic heterocycles. The number of nitrogens with zero attached hydrogens (tertiary/aromatic N) is 2. The highest BCUT2D eigenvalue weighted by Crippen LogP contribution is 2.19. The van der Waals surface area contributed by atoms with Crippen molar-refractivity contribution in [1.29, 1.82) is 0 Å². The maximum Gasteiger partial charge on any atom is 0.244 e. The van der Waals surface area contributed by atoms with E-state index < -0.39 is 10.0 Å². The van der Waals surface area contributed by atoms with Crippen molar-refractivity contribution in [1.82, 2.24) is 19.8 Å². The molecule has 1 rings (SSSR count). The summed E-state index contributed by atoms with van der Waals surface area (Å²) in [6, 6.07) is -0.288. The summed E-state index contributed by atoms with van der Waals surface area (Å²) in [5.74, 6) is 0. The molecule has 0 aliphatic carbocycles. The van der Waals surface area contributed by atoms with Gasteiger partial charge in [0.1, 0.15) is 4.90 Å². The van der Waals surface area contributed by atoms with Gasteiger partial charge in [0.15, 0.2) is 0 Å². The fourth-order valence-electron chi connectivity index (χ4n) is 2.11. The number of methoxy groups -OCH3 is 1. The van der Waals surface area contributed by atoms with E-state index in [1.807, 2.05) is 7.05 Å². The number of rotatable bonds is 8. The summed E-state index contributed by atoms with van der Waals surface area (Å²) in [6.45, 7) is 6.92. The monoisotopic (exact) mass is 304 g/mol. The maximum atomic E-state index is 12.4. The fourth-order valence-corrected chi connectivity index (χ4v) is 3.75. The van der Waals surface area contributed by atoms with Gasteiger partial charge < -0.3 is 10.1 Å². The first-order valence-corrected chi connectivity index (χ1v) is 8.01. The number of aryl methyl sites for hydroxylation is 1. The molecule has 0 aliphatic rings. The average molecular weight is 304 g/mol.